The second-order valence-corrected chi connectivity index (χ2v) is 20.6. The van der Waals surface area contributed by atoms with E-state index in [0.29, 0.717) is 0 Å². The van der Waals surface area contributed by atoms with Gasteiger partial charge in [-0.3, -0.25) is 0 Å². The lowest BCUT2D eigenvalue weighted by molar-refractivity contribution is 0.440. The molecule has 6 aromatic rings. The average Bonchev–Trinajstić information content (AvgIpc) is 3.66. The molecule has 0 aliphatic heterocycles. The molecule has 0 aromatic heterocycles. The van der Waals surface area contributed by atoms with Crippen molar-refractivity contribution in [3.8, 4) is 0 Å². The molecule has 0 bridgehead atoms. The van der Waals surface area contributed by atoms with Crippen LogP contribution in [-0.2, 0) is 45.3 Å². The van der Waals surface area contributed by atoms with Crippen molar-refractivity contribution in [1.82, 2.24) is 0 Å². The van der Waals surface area contributed by atoms with Crippen LogP contribution in [0.1, 0.15) is 150 Å². The van der Waals surface area contributed by atoms with Gasteiger partial charge in [-0.1, -0.05) is 204 Å². The summed E-state index contributed by atoms with van der Waals surface area (Å²) in [4.78, 5) is 0. The first-order valence-corrected chi connectivity index (χ1v) is 20.3. The molecule has 0 N–H and O–H groups in total. The summed E-state index contributed by atoms with van der Waals surface area (Å²) in [5, 5.41) is 2.95. The highest BCUT2D eigenvalue weighted by atomic mass is 14.6. The first-order valence-electron chi connectivity index (χ1n) is 20.3. The summed E-state index contributed by atoms with van der Waals surface area (Å²) in [5.41, 5.74) is 15.6. The Hall–Kier alpha value is -4.42. The predicted octanol–water partition coefficient (Wildman–Crippen LogP) is 13.8. The SMILES string of the molecule is CC(C)(C)c1ccc(C2(c3ccc(C(C)(C)C)cc3)c3ccc4c5c(ccc(c35)C2(c2ccc(C(C)(C)C)cc2)c2ccc(C(C)(C)C)cc2)CC4)cc1. The largest absolute Gasteiger partial charge is 0.0635 e. The monoisotopic (exact) mass is 708 g/mol. The lowest BCUT2D eigenvalue weighted by atomic mass is 9.50. The fraction of sp³-hybridized carbons (Fsp3) is 0.370. The normalized spacial score (nSPS) is 16.3. The molecule has 0 unspecified atom stereocenters. The third-order valence-electron chi connectivity index (χ3n) is 13.1. The maximum atomic E-state index is 2.53. The summed E-state index contributed by atoms with van der Waals surface area (Å²) < 4.78 is 0. The molecule has 54 heavy (non-hydrogen) atoms. The Balaban J connectivity index is 1.60. The molecule has 0 radical (unpaired) electrons. The Morgan fingerprint density at radius 2 is 0.537 bits per heavy atom. The molecule has 276 valence electrons. The molecule has 2 aliphatic carbocycles. The van der Waals surface area contributed by atoms with Crippen LogP contribution in [0.5, 0.6) is 0 Å². The van der Waals surface area contributed by atoms with Gasteiger partial charge in [0.2, 0.25) is 0 Å². The van der Waals surface area contributed by atoms with Gasteiger partial charge in [0.25, 0.3) is 0 Å². The van der Waals surface area contributed by atoms with Gasteiger partial charge < -0.3 is 0 Å². The molecule has 0 amide bonds. The van der Waals surface area contributed by atoms with Crippen molar-refractivity contribution < 1.29 is 0 Å². The standard InChI is InChI=1S/C54H60/c1-49(2,3)37-17-25-41(26-18-37)53(42-27-19-38(20-28-42)50(4,5)6)45-33-15-35-13-14-36-16-34-46(48(45)47(35)36)54(53,43-29-21-39(22-30-43)51(7,8)9)44-31-23-40(24-32-44)52(10,11)12/h15-34H,13-14H2,1-12H3. The minimum Gasteiger partial charge on any atom is -0.0582 e. The van der Waals surface area contributed by atoms with Crippen molar-refractivity contribution in [1.29, 1.82) is 0 Å². The van der Waals surface area contributed by atoms with Crippen molar-refractivity contribution in [2.45, 2.75) is 128 Å². The smallest absolute Gasteiger partial charge is 0.0582 e. The molecule has 8 rings (SSSR count). The molecular formula is C54H60. The number of aryl methyl sites for hydroxylation is 2. The highest BCUT2D eigenvalue weighted by molar-refractivity contribution is 6.03. The van der Waals surface area contributed by atoms with E-state index < -0.39 is 10.8 Å². The highest BCUT2D eigenvalue weighted by Gasteiger charge is 2.63. The molecule has 0 spiro atoms. The lowest BCUT2D eigenvalue weighted by Gasteiger charge is -2.50. The summed E-state index contributed by atoms with van der Waals surface area (Å²) in [7, 11) is 0. The Morgan fingerprint density at radius 1 is 0.296 bits per heavy atom. The Labute approximate surface area is 326 Å². The van der Waals surface area contributed by atoms with Crippen LogP contribution in [0, 0.1) is 0 Å². The van der Waals surface area contributed by atoms with Crippen LogP contribution in [-0.4, -0.2) is 0 Å². The van der Waals surface area contributed by atoms with Crippen LogP contribution in [0.4, 0.5) is 0 Å². The average molecular weight is 709 g/mol. The van der Waals surface area contributed by atoms with Gasteiger partial charge in [0, 0.05) is 0 Å². The van der Waals surface area contributed by atoms with E-state index in [9.17, 15) is 0 Å². The van der Waals surface area contributed by atoms with Crippen LogP contribution in [0.25, 0.3) is 10.8 Å². The minimum atomic E-state index is -0.575. The molecule has 0 heterocycles. The number of benzene rings is 6. The number of hydrogen-bond donors (Lipinski definition) is 0. The topological polar surface area (TPSA) is 0 Å². The van der Waals surface area contributed by atoms with Crippen molar-refractivity contribution in [2.24, 2.45) is 0 Å². The van der Waals surface area contributed by atoms with Crippen LogP contribution in [0.2, 0.25) is 0 Å². The zero-order chi connectivity index (χ0) is 38.6. The third-order valence-corrected chi connectivity index (χ3v) is 13.1. The van der Waals surface area contributed by atoms with Crippen LogP contribution in [0.3, 0.4) is 0 Å². The highest BCUT2D eigenvalue weighted by Crippen LogP contribution is 2.67. The summed E-state index contributed by atoms with van der Waals surface area (Å²) in [5.74, 6) is 0. The van der Waals surface area contributed by atoms with Crippen LogP contribution < -0.4 is 0 Å². The van der Waals surface area contributed by atoms with E-state index >= 15 is 0 Å². The van der Waals surface area contributed by atoms with Crippen molar-refractivity contribution >= 4 is 10.8 Å². The van der Waals surface area contributed by atoms with Crippen molar-refractivity contribution in [2.75, 3.05) is 0 Å². The third kappa shape index (κ3) is 5.30. The van der Waals surface area contributed by atoms with E-state index in [4.69, 9.17) is 0 Å². The van der Waals surface area contributed by atoms with Gasteiger partial charge in [0.15, 0.2) is 0 Å². The Morgan fingerprint density at radius 3 is 0.759 bits per heavy atom. The van der Waals surface area contributed by atoms with Crippen molar-refractivity contribution in [3.05, 3.63) is 188 Å². The zero-order valence-corrected chi connectivity index (χ0v) is 35.0. The van der Waals surface area contributed by atoms with E-state index in [1.54, 1.807) is 0 Å². The molecule has 0 saturated carbocycles. The van der Waals surface area contributed by atoms with Gasteiger partial charge in [-0.2, -0.15) is 0 Å². The fourth-order valence-corrected chi connectivity index (χ4v) is 10.1. The second kappa shape index (κ2) is 12.0. The van der Waals surface area contributed by atoms with Gasteiger partial charge in [0.05, 0.1) is 10.8 Å². The molecule has 6 aromatic carbocycles. The Bertz CT molecular complexity index is 2070. The van der Waals surface area contributed by atoms with E-state index in [1.165, 1.54) is 77.5 Å². The summed E-state index contributed by atoms with van der Waals surface area (Å²) in [6.07, 6.45) is 2.22. The molecule has 0 atom stereocenters. The molecule has 0 heteroatoms. The summed E-state index contributed by atoms with van der Waals surface area (Å²) in [6, 6.07) is 49.1. The molecule has 2 aliphatic rings. The predicted molar refractivity (Wildman–Crippen MR) is 232 cm³/mol. The van der Waals surface area contributed by atoms with E-state index in [1.807, 2.05) is 0 Å². The fourth-order valence-electron chi connectivity index (χ4n) is 10.1. The van der Waals surface area contributed by atoms with Crippen LogP contribution >= 0.6 is 0 Å². The minimum absolute atomic E-state index is 0.0456. The maximum absolute atomic E-state index is 2.53. The number of hydrogen-bond acceptors (Lipinski definition) is 0. The quantitative estimate of drug-likeness (QED) is 0.171. The summed E-state index contributed by atoms with van der Waals surface area (Å²) >= 11 is 0. The van der Waals surface area contributed by atoms with E-state index in [2.05, 4.69) is 204 Å². The van der Waals surface area contributed by atoms with Crippen LogP contribution in [0.15, 0.2) is 121 Å². The lowest BCUT2D eigenvalue weighted by Crippen LogP contribution is -2.49. The second-order valence-electron chi connectivity index (χ2n) is 20.6. The molecular weight excluding hydrogens is 649 g/mol. The van der Waals surface area contributed by atoms with Gasteiger partial charge >= 0.3 is 0 Å². The first kappa shape index (κ1) is 36.6. The molecule has 0 nitrogen and oxygen atoms in total. The Kier molecular flexibility index (Phi) is 8.15. The summed E-state index contributed by atoms with van der Waals surface area (Å²) in [6.45, 7) is 27.9. The van der Waals surface area contributed by atoms with Gasteiger partial charge in [-0.15, -0.1) is 0 Å². The van der Waals surface area contributed by atoms with E-state index in [-0.39, 0.29) is 21.7 Å². The molecule has 0 saturated heterocycles. The van der Waals surface area contributed by atoms with E-state index in [0.717, 1.165) is 12.8 Å². The molecule has 0 fully saturated rings. The van der Waals surface area contributed by atoms with Gasteiger partial charge in [0.1, 0.15) is 0 Å². The van der Waals surface area contributed by atoms with Crippen molar-refractivity contribution in [3.63, 3.8) is 0 Å². The first-order chi connectivity index (χ1) is 25.3. The number of rotatable bonds is 4. The van der Waals surface area contributed by atoms with Gasteiger partial charge in [-0.25, -0.2) is 0 Å². The maximum Gasteiger partial charge on any atom is 0.0635 e. The van der Waals surface area contributed by atoms with Gasteiger partial charge in [-0.05, 0) is 112 Å². The zero-order valence-electron chi connectivity index (χ0n) is 35.0.